The molecule has 0 aliphatic carbocycles. The molecule has 0 N–H and O–H groups in total. The molecular weight excluding hydrogens is 388 g/mol. The normalized spacial score (nSPS) is 11.5. The minimum atomic E-state index is 0.491. The van der Waals surface area contributed by atoms with Crippen molar-refractivity contribution in [2.45, 2.75) is 39.8 Å². The second-order valence-electron chi connectivity index (χ2n) is 8.68. The molecule has 0 radical (unpaired) electrons. The van der Waals surface area contributed by atoms with Gasteiger partial charge in [-0.05, 0) is 44.5 Å². The van der Waals surface area contributed by atoms with E-state index in [0.29, 0.717) is 6.04 Å². The van der Waals surface area contributed by atoms with E-state index in [1.54, 1.807) is 0 Å². The number of fused-ring (bicyclic) bond motifs is 6. The summed E-state index contributed by atoms with van der Waals surface area (Å²) >= 11 is 0. The molecule has 6 rings (SSSR count). The Morgan fingerprint density at radius 3 is 1.25 bits per heavy atom. The van der Waals surface area contributed by atoms with Crippen LogP contribution in [0.4, 0.5) is 0 Å². The summed E-state index contributed by atoms with van der Waals surface area (Å²) in [5.74, 6) is 0. The van der Waals surface area contributed by atoms with Crippen LogP contribution in [0.3, 0.4) is 0 Å². The van der Waals surface area contributed by atoms with E-state index in [2.05, 4.69) is 127 Å². The first-order chi connectivity index (χ1) is 15.7. The SMILES string of the molecule is CC(C)n1c2ccccc2c2ccccc21.CCCn1c2ccccc2c2ccccc21. The van der Waals surface area contributed by atoms with Crippen LogP contribution in [0.1, 0.15) is 33.2 Å². The second kappa shape index (κ2) is 8.55. The Hall–Kier alpha value is -3.52. The van der Waals surface area contributed by atoms with E-state index in [9.17, 15) is 0 Å². The maximum absolute atomic E-state index is 2.42. The fraction of sp³-hybridized carbons (Fsp3) is 0.200. The van der Waals surface area contributed by atoms with E-state index >= 15 is 0 Å². The van der Waals surface area contributed by atoms with Gasteiger partial charge >= 0.3 is 0 Å². The summed E-state index contributed by atoms with van der Waals surface area (Å²) in [4.78, 5) is 0. The Kier molecular flexibility index (Phi) is 5.45. The number of nitrogens with zero attached hydrogens (tertiary/aromatic N) is 2. The molecule has 0 bridgehead atoms. The van der Waals surface area contributed by atoms with Crippen molar-refractivity contribution in [2.24, 2.45) is 0 Å². The molecule has 0 fully saturated rings. The maximum atomic E-state index is 2.42. The zero-order valence-corrected chi connectivity index (χ0v) is 19.1. The summed E-state index contributed by atoms with van der Waals surface area (Å²) in [5.41, 5.74) is 5.37. The Balaban J connectivity index is 0.000000135. The molecule has 0 amide bonds. The number of aryl methyl sites for hydroxylation is 1. The standard InChI is InChI=1S/2C15H15N/c1-11(2)16-14-9-5-3-7-12(14)13-8-4-6-10-15(13)16;1-2-11-16-14-9-5-3-7-12(14)13-8-4-6-10-15(13)16/h3-11H,1-2H3;3-10H,2,11H2,1H3. The average molecular weight is 419 g/mol. The van der Waals surface area contributed by atoms with Gasteiger partial charge in [-0.15, -0.1) is 0 Å². The van der Waals surface area contributed by atoms with Crippen molar-refractivity contribution in [1.29, 1.82) is 0 Å². The minimum Gasteiger partial charge on any atom is -0.340 e. The van der Waals surface area contributed by atoms with Gasteiger partial charge in [0.2, 0.25) is 0 Å². The van der Waals surface area contributed by atoms with Crippen LogP contribution in [0.5, 0.6) is 0 Å². The minimum absolute atomic E-state index is 0.491. The lowest BCUT2D eigenvalue weighted by molar-refractivity contribution is 0.642. The van der Waals surface area contributed by atoms with Gasteiger partial charge in [0.25, 0.3) is 0 Å². The maximum Gasteiger partial charge on any atom is 0.0493 e. The molecule has 6 aromatic rings. The smallest absolute Gasteiger partial charge is 0.0493 e. The van der Waals surface area contributed by atoms with Crippen molar-refractivity contribution in [3.8, 4) is 0 Å². The van der Waals surface area contributed by atoms with E-state index in [-0.39, 0.29) is 0 Å². The summed E-state index contributed by atoms with van der Waals surface area (Å²) in [5, 5.41) is 5.44. The van der Waals surface area contributed by atoms with Crippen LogP contribution in [-0.2, 0) is 6.54 Å². The lowest BCUT2D eigenvalue weighted by Crippen LogP contribution is -1.99. The van der Waals surface area contributed by atoms with E-state index < -0.39 is 0 Å². The van der Waals surface area contributed by atoms with Gasteiger partial charge in [-0.3, -0.25) is 0 Å². The fourth-order valence-electron chi connectivity index (χ4n) is 4.98. The van der Waals surface area contributed by atoms with Crippen molar-refractivity contribution in [2.75, 3.05) is 0 Å². The van der Waals surface area contributed by atoms with E-state index in [1.807, 2.05) is 0 Å². The van der Waals surface area contributed by atoms with Crippen molar-refractivity contribution in [1.82, 2.24) is 9.13 Å². The van der Waals surface area contributed by atoms with Gasteiger partial charge in [-0.25, -0.2) is 0 Å². The molecule has 0 atom stereocenters. The number of hydrogen-bond acceptors (Lipinski definition) is 0. The van der Waals surface area contributed by atoms with Crippen LogP contribution in [-0.4, -0.2) is 9.13 Å². The zero-order chi connectivity index (χ0) is 22.1. The molecule has 2 nitrogen and oxygen atoms in total. The predicted molar refractivity (Wildman–Crippen MR) is 140 cm³/mol. The van der Waals surface area contributed by atoms with Gasteiger partial charge in [0.15, 0.2) is 0 Å². The molecule has 0 saturated carbocycles. The van der Waals surface area contributed by atoms with Crippen LogP contribution in [0, 0.1) is 0 Å². The molecule has 0 aliphatic heterocycles. The molecule has 160 valence electrons. The third-order valence-corrected chi connectivity index (χ3v) is 6.26. The summed E-state index contributed by atoms with van der Waals surface area (Å²) in [7, 11) is 0. The Bertz CT molecular complexity index is 1410. The lowest BCUT2D eigenvalue weighted by Gasteiger charge is -2.10. The molecule has 0 spiro atoms. The number of para-hydroxylation sites is 4. The topological polar surface area (TPSA) is 9.86 Å². The molecule has 32 heavy (non-hydrogen) atoms. The molecular formula is C30H30N2. The van der Waals surface area contributed by atoms with Crippen LogP contribution < -0.4 is 0 Å². The first kappa shape index (κ1) is 20.4. The van der Waals surface area contributed by atoms with Gasteiger partial charge in [-0.1, -0.05) is 79.7 Å². The van der Waals surface area contributed by atoms with Gasteiger partial charge in [-0.2, -0.15) is 0 Å². The van der Waals surface area contributed by atoms with E-state index in [4.69, 9.17) is 0 Å². The number of rotatable bonds is 3. The van der Waals surface area contributed by atoms with Crippen LogP contribution in [0.15, 0.2) is 97.1 Å². The van der Waals surface area contributed by atoms with Gasteiger partial charge in [0, 0.05) is 56.2 Å². The summed E-state index contributed by atoms with van der Waals surface area (Å²) in [6, 6.07) is 35.1. The third-order valence-electron chi connectivity index (χ3n) is 6.26. The quantitative estimate of drug-likeness (QED) is 0.272. The first-order valence-electron chi connectivity index (χ1n) is 11.6. The van der Waals surface area contributed by atoms with E-state index in [0.717, 1.165) is 6.54 Å². The number of hydrogen-bond donors (Lipinski definition) is 0. The van der Waals surface area contributed by atoms with Crippen LogP contribution in [0.2, 0.25) is 0 Å². The highest BCUT2D eigenvalue weighted by Gasteiger charge is 2.11. The van der Waals surface area contributed by atoms with Crippen molar-refractivity contribution < 1.29 is 0 Å². The van der Waals surface area contributed by atoms with E-state index in [1.165, 1.54) is 50.0 Å². The van der Waals surface area contributed by atoms with Gasteiger partial charge in [0.05, 0.1) is 0 Å². The predicted octanol–water partition coefficient (Wildman–Crippen LogP) is 8.58. The Morgan fingerprint density at radius 1 is 0.531 bits per heavy atom. The highest BCUT2D eigenvalue weighted by Crippen LogP contribution is 2.31. The van der Waals surface area contributed by atoms with Crippen LogP contribution >= 0.6 is 0 Å². The molecule has 2 heterocycles. The second-order valence-corrected chi connectivity index (χ2v) is 8.68. The largest absolute Gasteiger partial charge is 0.340 e. The highest BCUT2D eigenvalue weighted by molar-refractivity contribution is 6.08. The van der Waals surface area contributed by atoms with Crippen LogP contribution in [0.25, 0.3) is 43.6 Å². The lowest BCUT2D eigenvalue weighted by atomic mass is 10.2. The third kappa shape index (κ3) is 3.36. The fourth-order valence-corrected chi connectivity index (χ4v) is 4.98. The molecule has 0 aliphatic rings. The number of benzene rings is 4. The summed E-state index contributed by atoms with van der Waals surface area (Å²) < 4.78 is 4.83. The van der Waals surface area contributed by atoms with Crippen molar-refractivity contribution in [3.63, 3.8) is 0 Å². The molecule has 2 heteroatoms. The van der Waals surface area contributed by atoms with Crippen molar-refractivity contribution >= 4 is 43.6 Å². The highest BCUT2D eigenvalue weighted by atomic mass is 15.0. The van der Waals surface area contributed by atoms with Gasteiger partial charge in [0.1, 0.15) is 0 Å². The zero-order valence-electron chi connectivity index (χ0n) is 19.1. The molecule has 4 aromatic carbocycles. The molecule has 2 aromatic heterocycles. The number of aromatic nitrogens is 2. The monoisotopic (exact) mass is 418 g/mol. The van der Waals surface area contributed by atoms with Gasteiger partial charge < -0.3 is 9.13 Å². The summed E-state index contributed by atoms with van der Waals surface area (Å²) in [6.45, 7) is 7.79. The van der Waals surface area contributed by atoms with Crippen molar-refractivity contribution in [3.05, 3.63) is 97.1 Å². The molecule has 0 saturated heterocycles. The first-order valence-corrected chi connectivity index (χ1v) is 11.6. The summed E-state index contributed by atoms with van der Waals surface area (Å²) in [6.07, 6.45) is 1.17. The average Bonchev–Trinajstić information content (AvgIpc) is 3.34. The Morgan fingerprint density at radius 2 is 0.875 bits per heavy atom. The molecule has 0 unspecified atom stereocenters. The Labute approximate surface area is 189 Å².